The van der Waals surface area contributed by atoms with Gasteiger partial charge >= 0.3 is 17.9 Å². The van der Waals surface area contributed by atoms with Gasteiger partial charge < -0.3 is 14.2 Å². The maximum Gasteiger partial charge on any atom is 0.306 e. The molecule has 1 atom stereocenters. The normalized spacial score (nSPS) is 12.9. The molecule has 0 radical (unpaired) electrons. The van der Waals surface area contributed by atoms with Crippen LogP contribution in [0.15, 0.2) is 109 Å². The number of allylic oxidation sites excluding steroid dienone is 18. The third-order valence-electron chi connectivity index (χ3n) is 12.7. The van der Waals surface area contributed by atoms with Gasteiger partial charge in [-0.1, -0.05) is 239 Å². The zero-order chi connectivity index (χ0) is 52.9. The van der Waals surface area contributed by atoms with Crippen LogP contribution in [0.3, 0.4) is 0 Å². The maximum atomic E-state index is 12.9. The Labute approximate surface area is 450 Å². The van der Waals surface area contributed by atoms with E-state index in [1.807, 2.05) is 0 Å². The van der Waals surface area contributed by atoms with Gasteiger partial charge in [0.1, 0.15) is 13.2 Å². The van der Waals surface area contributed by atoms with E-state index in [1.54, 1.807) is 0 Å². The number of unbranched alkanes of at least 4 members (excludes halogenated alkanes) is 25. The van der Waals surface area contributed by atoms with Gasteiger partial charge in [0.05, 0.1) is 0 Å². The molecule has 0 aliphatic carbocycles. The summed E-state index contributed by atoms with van der Waals surface area (Å²) in [6.07, 6.45) is 82.3. The minimum absolute atomic E-state index is 0.113. The Morgan fingerprint density at radius 1 is 0.274 bits per heavy atom. The van der Waals surface area contributed by atoms with Crippen LogP contribution in [0.4, 0.5) is 0 Å². The molecule has 0 aliphatic rings. The third kappa shape index (κ3) is 58.8. The number of carbonyl (C=O) groups excluding carboxylic acids is 3. The zero-order valence-corrected chi connectivity index (χ0v) is 47.6. The second kappa shape index (κ2) is 60.6. The van der Waals surface area contributed by atoms with Gasteiger partial charge in [0.15, 0.2) is 6.10 Å². The molecule has 0 amide bonds. The van der Waals surface area contributed by atoms with Crippen molar-refractivity contribution in [2.75, 3.05) is 13.2 Å². The summed E-state index contributed by atoms with van der Waals surface area (Å²) >= 11 is 0. The molecule has 0 aromatic carbocycles. The summed E-state index contributed by atoms with van der Waals surface area (Å²) in [5.41, 5.74) is 0. The van der Waals surface area contributed by atoms with Crippen molar-refractivity contribution >= 4 is 17.9 Å². The van der Waals surface area contributed by atoms with Gasteiger partial charge in [-0.3, -0.25) is 14.4 Å². The molecule has 0 saturated heterocycles. The third-order valence-corrected chi connectivity index (χ3v) is 12.7. The lowest BCUT2D eigenvalue weighted by atomic mass is 10.1. The SMILES string of the molecule is CCCCC/C=C\C/C=C\C/C=C\C/C=C\CCCCCC(=O)OC[C@H](COC(=O)CCC/C=C\C/C=C\C/C=C\C/C=C\CCCCC)OC(=O)CCCCCCCCCCC/C=C\CCCCCCCC. The van der Waals surface area contributed by atoms with Crippen molar-refractivity contribution in [3.8, 4) is 0 Å². The van der Waals surface area contributed by atoms with Crippen molar-refractivity contribution in [2.45, 2.75) is 284 Å². The van der Waals surface area contributed by atoms with Gasteiger partial charge in [-0.2, -0.15) is 0 Å². The van der Waals surface area contributed by atoms with Gasteiger partial charge in [0, 0.05) is 19.3 Å². The van der Waals surface area contributed by atoms with E-state index in [9.17, 15) is 14.4 Å². The van der Waals surface area contributed by atoms with Crippen LogP contribution in [0.5, 0.6) is 0 Å². The molecule has 416 valence electrons. The topological polar surface area (TPSA) is 78.9 Å². The lowest BCUT2D eigenvalue weighted by Gasteiger charge is -2.18. The molecule has 6 heteroatoms. The first-order valence-corrected chi connectivity index (χ1v) is 30.4. The van der Waals surface area contributed by atoms with Crippen molar-refractivity contribution in [1.82, 2.24) is 0 Å². The van der Waals surface area contributed by atoms with Gasteiger partial charge in [-0.05, 0) is 128 Å². The Bertz CT molecular complexity index is 1490. The molecule has 73 heavy (non-hydrogen) atoms. The molecular formula is C67H112O6. The standard InChI is InChI=1S/C67H112O6/c1-4-7-10-13-16-19-22-25-28-31-33-36-39-42-45-48-51-54-57-60-66(69)72-63-64(62-71-65(68)59-56-53-50-47-44-41-38-35-30-27-24-21-18-15-12-9-6-3)73-67(70)61-58-55-52-49-46-43-40-37-34-32-29-26-23-20-17-14-11-8-5-2/h16,18-19,21,25-30,33,36,38,41-42,45,47,50,64H,4-15,17,20,22-24,31-32,34-35,37,39-40,43-44,46,48-49,51-63H2,1-3H3/b19-16-,21-18-,28-25-,29-26-,30-27-,36-33-,41-38-,45-42-,50-47-/t64-/m0/s1. The van der Waals surface area contributed by atoms with Crippen LogP contribution in [0, 0.1) is 0 Å². The lowest BCUT2D eigenvalue weighted by Crippen LogP contribution is -2.30. The molecule has 0 aromatic rings. The zero-order valence-electron chi connectivity index (χ0n) is 47.6. The Balaban J connectivity index is 4.53. The number of ether oxygens (including phenoxy) is 3. The van der Waals surface area contributed by atoms with Crippen molar-refractivity contribution in [2.24, 2.45) is 0 Å². The first kappa shape index (κ1) is 69.1. The Hall–Kier alpha value is -3.93. The van der Waals surface area contributed by atoms with E-state index in [2.05, 4.69) is 130 Å². The quantitative estimate of drug-likeness (QED) is 0.0261. The van der Waals surface area contributed by atoms with Crippen LogP contribution in [-0.2, 0) is 28.6 Å². The molecule has 0 heterocycles. The number of rotatable bonds is 54. The smallest absolute Gasteiger partial charge is 0.306 e. The van der Waals surface area contributed by atoms with Gasteiger partial charge in [0.2, 0.25) is 0 Å². The van der Waals surface area contributed by atoms with E-state index >= 15 is 0 Å². The fourth-order valence-corrected chi connectivity index (χ4v) is 8.12. The Kier molecular flexibility index (Phi) is 57.4. The fraction of sp³-hybridized carbons (Fsp3) is 0.687. The van der Waals surface area contributed by atoms with E-state index in [1.165, 1.54) is 141 Å². The van der Waals surface area contributed by atoms with Crippen LogP contribution in [0.1, 0.15) is 278 Å². The molecule has 0 spiro atoms. The molecule has 0 fully saturated rings. The Morgan fingerprint density at radius 2 is 0.507 bits per heavy atom. The highest BCUT2D eigenvalue weighted by atomic mass is 16.6. The van der Waals surface area contributed by atoms with E-state index < -0.39 is 6.10 Å². The molecular weight excluding hydrogens is 901 g/mol. The second-order valence-corrected chi connectivity index (χ2v) is 19.9. The summed E-state index contributed by atoms with van der Waals surface area (Å²) in [5.74, 6) is -0.997. The number of esters is 3. The maximum absolute atomic E-state index is 12.9. The van der Waals surface area contributed by atoms with Gasteiger partial charge in [-0.15, -0.1) is 0 Å². The average Bonchev–Trinajstić information content (AvgIpc) is 3.39. The summed E-state index contributed by atoms with van der Waals surface area (Å²) in [6, 6.07) is 0. The molecule has 6 nitrogen and oxygen atoms in total. The highest BCUT2D eigenvalue weighted by Crippen LogP contribution is 2.14. The number of hydrogen-bond acceptors (Lipinski definition) is 6. The first-order chi connectivity index (χ1) is 36.0. The predicted octanol–water partition coefficient (Wildman–Crippen LogP) is 20.7. The average molecular weight is 1010 g/mol. The van der Waals surface area contributed by atoms with Gasteiger partial charge in [0.25, 0.3) is 0 Å². The van der Waals surface area contributed by atoms with Crippen molar-refractivity contribution in [3.63, 3.8) is 0 Å². The predicted molar refractivity (Wildman–Crippen MR) is 316 cm³/mol. The van der Waals surface area contributed by atoms with Crippen molar-refractivity contribution in [1.29, 1.82) is 0 Å². The number of carbonyl (C=O) groups is 3. The molecule has 0 saturated carbocycles. The van der Waals surface area contributed by atoms with Crippen molar-refractivity contribution < 1.29 is 28.6 Å². The first-order valence-electron chi connectivity index (χ1n) is 30.4. The summed E-state index contributed by atoms with van der Waals surface area (Å²) in [5, 5.41) is 0. The van der Waals surface area contributed by atoms with E-state index in [4.69, 9.17) is 14.2 Å². The molecule has 0 rings (SSSR count). The fourth-order valence-electron chi connectivity index (χ4n) is 8.12. The van der Waals surface area contributed by atoms with E-state index in [0.29, 0.717) is 19.3 Å². The van der Waals surface area contributed by atoms with Crippen LogP contribution in [-0.4, -0.2) is 37.2 Å². The molecule has 0 aliphatic heterocycles. The molecule has 0 unspecified atom stereocenters. The Morgan fingerprint density at radius 3 is 0.877 bits per heavy atom. The van der Waals surface area contributed by atoms with Crippen LogP contribution in [0.2, 0.25) is 0 Å². The monoisotopic (exact) mass is 1010 g/mol. The van der Waals surface area contributed by atoms with E-state index in [0.717, 1.165) is 89.9 Å². The molecule has 0 bridgehead atoms. The highest BCUT2D eigenvalue weighted by molar-refractivity contribution is 5.71. The van der Waals surface area contributed by atoms with Crippen LogP contribution >= 0.6 is 0 Å². The minimum Gasteiger partial charge on any atom is -0.462 e. The number of hydrogen-bond donors (Lipinski definition) is 0. The van der Waals surface area contributed by atoms with Gasteiger partial charge in [-0.25, -0.2) is 0 Å². The van der Waals surface area contributed by atoms with E-state index in [-0.39, 0.29) is 37.5 Å². The summed E-state index contributed by atoms with van der Waals surface area (Å²) in [6.45, 7) is 6.51. The summed E-state index contributed by atoms with van der Waals surface area (Å²) in [7, 11) is 0. The molecule has 0 aromatic heterocycles. The molecule has 0 N–H and O–H groups in total. The van der Waals surface area contributed by atoms with Crippen LogP contribution < -0.4 is 0 Å². The second-order valence-electron chi connectivity index (χ2n) is 19.9. The summed E-state index contributed by atoms with van der Waals surface area (Å²) < 4.78 is 16.8. The minimum atomic E-state index is -0.817. The summed E-state index contributed by atoms with van der Waals surface area (Å²) in [4.78, 5) is 38.2. The van der Waals surface area contributed by atoms with Crippen molar-refractivity contribution in [3.05, 3.63) is 109 Å². The highest BCUT2D eigenvalue weighted by Gasteiger charge is 2.19. The largest absolute Gasteiger partial charge is 0.462 e. The lowest BCUT2D eigenvalue weighted by molar-refractivity contribution is -0.167. The van der Waals surface area contributed by atoms with Crippen LogP contribution in [0.25, 0.3) is 0 Å².